The summed E-state index contributed by atoms with van der Waals surface area (Å²) >= 11 is 5.90. The highest BCUT2D eigenvalue weighted by Gasteiger charge is 2.28. The summed E-state index contributed by atoms with van der Waals surface area (Å²) < 4.78 is 15.3. The molecule has 4 aromatic rings. The molecule has 0 radical (unpaired) electrons. The van der Waals surface area contributed by atoms with Crippen LogP contribution in [-0.2, 0) is 6.54 Å². The number of carbonyl (C=O) groups is 2. The Morgan fingerprint density at radius 2 is 1.81 bits per heavy atom. The highest BCUT2D eigenvalue weighted by atomic mass is 35.5. The lowest BCUT2D eigenvalue weighted by Crippen LogP contribution is -2.31. The van der Waals surface area contributed by atoms with Crippen molar-refractivity contribution in [2.45, 2.75) is 31.7 Å². The minimum Gasteiger partial charge on any atom is -0.507 e. The second-order valence-corrected chi connectivity index (χ2v) is 9.37. The molecule has 1 aliphatic rings. The molecule has 0 aliphatic heterocycles. The lowest BCUT2D eigenvalue weighted by atomic mass is 9.82. The van der Waals surface area contributed by atoms with Crippen LogP contribution >= 0.6 is 11.6 Å². The Labute approximate surface area is 217 Å². The number of carbonyl (C=O) groups excluding carboxylic acids is 2. The molecule has 0 atom stereocenters. The molecular formula is C28H24ClFN4O3. The van der Waals surface area contributed by atoms with Crippen LogP contribution in [0, 0.1) is 5.82 Å². The Hall–Kier alpha value is -4.17. The molecule has 1 aliphatic carbocycles. The maximum absolute atomic E-state index is 14.0. The zero-order valence-electron chi connectivity index (χ0n) is 19.7. The van der Waals surface area contributed by atoms with Gasteiger partial charge in [-0.05, 0) is 67.4 Å². The van der Waals surface area contributed by atoms with Crippen LogP contribution in [0.15, 0.2) is 72.8 Å². The third kappa shape index (κ3) is 5.34. The number of halogens is 2. The van der Waals surface area contributed by atoms with Crippen LogP contribution in [0.25, 0.3) is 11.3 Å². The van der Waals surface area contributed by atoms with E-state index in [1.165, 1.54) is 16.8 Å². The zero-order chi connectivity index (χ0) is 25.9. The van der Waals surface area contributed by atoms with Gasteiger partial charge in [0.25, 0.3) is 5.91 Å². The lowest BCUT2D eigenvalue weighted by molar-refractivity contribution is 0.102. The van der Waals surface area contributed by atoms with Crippen LogP contribution in [0.2, 0.25) is 5.02 Å². The fraction of sp³-hybridized carbons (Fsp3) is 0.179. The Kier molecular flexibility index (Phi) is 6.92. The maximum Gasteiger partial charge on any atom is 0.342 e. The van der Waals surface area contributed by atoms with Crippen LogP contribution < -0.4 is 10.6 Å². The molecule has 188 valence electrons. The Morgan fingerprint density at radius 1 is 1.05 bits per heavy atom. The summed E-state index contributed by atoms with van der Waals surface area (Å²) in [6, 6.07) is 18.7. The predicted molar refractivity (Wildman–Crippen MR) is 139 cm³/mol. The smallest absolute Gasteiger partial charge is 0.342 e. The van der Waals surface area contributed by atoms with Crippen molar-refractivity contribution in [2.24, 2.45) is 0 Å². The van der Waals surface area contributed by atoms with Crippen molar-refractivity contribution in [2.75, 3.05) is 5.32 Å². The van der Waals surface area contributed by atoms with Gasteiger partial charge in [-0.1, -0.05) is 36.2 Å². The van der Waals surface area contributed by atoms with Crippen molar-refractivity contribution in [1.29, 1.82) is 0 Å². The number of nitrogens with zero attached hydrogens (tertiary/aromatic N) is 2. The number of amides is 2. The van der Waals surface area contributed by atoms with Crippen LogP contribution in [-0.4, -0.2) is 26.8 Å². The summed E-state index contributed by atoms with van der Waals surface area (Å²) in [6.07, 6.45) is 2.91. The van der Waals surface area contributed by atoms with Gasteiger partial charge in [-0.2, -0.15) is 9.78 Å². The van der Waals surface area contributed by atoms with Gasteiger partial charge in [0.2, 0.25) is 0 Å². The van der Waals surface area contributed by atoms with Crippen LogP contribution in [0.4, 0.5) is 14.9 Å². The molecule has 1 saturated carbocycles. The summed E-state index contributed by atoms with van der Waals surface area (Å²) in [6.45, 7) is 0.0161. The fourth-order valence-electron chi connectivity index (χ4n) is 4.20. The largest absolute Gasteiger partial charge is 0.507 e. The second kappa shape index (κ2) is 10.4. The molecule has 0 unspecified atom stereocenters. The number of benzene rings is 3. The summed E-state index contributed by atoms with van der Waals surface area (Å²) in [5.74, 6) is -0.608. The van der Waals surface area contributed by atoms with Gasteiger partial charge >= 0.3 is 6.03 Å². The molecule has 5 rings (SSSR count). The van der Waals surface area contributed by atoms with Crippen molar-refractivity contribution >= 4 is 29.2 Å². The first-order valence-corrected chi connectivity index (χ1v) is 12.3. The number of phenolic OH excluding ortho intramolecular Hbond substituents is 1. The monoisotopic (exact) mass is 518 g/mol. The van der Waals surface area contributed by atoms with Gasteiger partial charge in [0.15, 0.2) is 0 Å². The van der Waals surface area contributed by atoms with Gasteiger partial charge in [0.05, 0.1) is 11.4 Å². The molecular weight excluding hydrogens is 495 g/mol. The van der Waals surface area contributed by atoms with E-state index < -0.39 is 11.8 Å². The van der Waals surface area contributed by atoms with E-state index in [4.69, 9.17) is 11.6 Å². The maximum atomic E-state index is 14.0. The first-order chi connectivity index (χ1) is 17.9. The third-order valence-corrected chi connectivity index (χ3v) is 6.73. The van der Waals surface area contributed by atoms with E-state index in [-0.39, 0.29) is 24.1 Å². The summed E-state index contributed by atoms with van der Waals surface area (Å²) in [5, 5.41) is 21.1. The minimum absolute atomic E-state index is 0.0161. The molecule has 2 amide bonds. The van der Waals surface area contributed by atoms with E-state index in [0.717, 1.165) is 25.0 Å². The number of anilines is 1. The highest BCUT2D eigenvalue weighted by molar-refractivity contribution is 6.30. The predicted octanol–water partition coefficient (Wildman–Crippen LogP) is 6.33. The van der Waals surface area contributed by atoms with E-state index >= 15 is 0 Å². The number of phenols is 1. The normalized spacial score (nSPS) is 13.1. The van der Waals surface area contributed by atoms with Crippen molar-refractivity contribution in [3.8, 4) is 17.0 Å². The fourth-order valence-corrected chi connectivity index (χ4v) is 4.32. The topological polar surface area (TPSA) is 96.2 Å². The Morgan fingerprint density at radius 3 is 2.51 bits per heavy atom. The average Bonchev–Trinajstić information content (AvgIpc) is 3.28. The quantitative estimate of drug-likeness (QED) is 0.260. The van der Waals surface area contributed by atoms with E-state index in [9.17, 15) is 19.1 Å². The van der Waals surface area contributed by atoms with E-state index in [1.807, 2.05) is 0 Å². The molecule has 0 spiro atoms. The van der Waals surface area contributed by atoms with E-state index in [1.54, 1.807) is 60.7 Å². The molecule has 1 heterocycles. The Balaban J connectivity index is 1.40. The number of aromatic hydroxyl groups is 1. The van der Waals surface area contributed by atoms with Crippen molar-refractivity contribution in [3.05, 3.63) is 100 Å². The first-order valence-electron chi connectivity index (χ1n) is 11.9. The van der Waals surface area contributed by atoms with Crippen LogP contribution in [0.3, 0.4) is 0 Å². The van der Waals surface area contributed by atoms with Gasteiger partial charge in [-0.3, -0.25) is 4.79 Å². The third-order valence-electron chi connectivity index (χ3n) is 6.48. The van der Waals surface area contributed by atoms with Crippen molar-refractivity contribution in [3.63, 3.8) is 0 Å². The number of rotatable bonds is 6. The molecule has 0 bridgehead atoms. The molecule has 3 N–H and O–H groups in total. The SMILES string of the molecule is O=C(Nc1ccc(O)c(-c2cc(C3CCC3)n(C(=O)NCc3ccccc3F)n2)c1)c1ccc(Cl)cc1. The molecule has 9 heteroatoms. The molecule has 0 saturated heterocycles. The lowest BCUT2D eigenvalue weighted by Gasteiger charge is -2.25. The number of hydrogen-bond donors (Lipinski definition) is 3. The van der Waals surface area contributed by atoms with Gasteiger partial charge in [-0.15, -0.1) is 0 Å². The molecule has 37 heavy (non-hydrogen) atoms. The standard InChI is InChI=1S/C28H24ClFN4O3/c29-20-10-8-18(9-11-20)27(36)32-21-12-13-26(35)22(14-21)24-15-25(17-5-3-6-17)34(33-24)28(37)31-16-19-4-1-2-7-23(19)30/h1-2,4,7-15,17,35H,3,5-6,16H2,(H,31,37)(H,32,36). The van der Waals surface area contributed by atoms with Crippen LogP contribution in [0.1, 0.15) is 46.8 Å². The molecule has 3 aromatic carbocycles. The Bertz CT molecular complexity index is 1460. The zero-order valence-corrected chi connectivity index (χ0v) is 20.5. The van der Waals surface area contributed by atoms with Gasteiger partial charge in [0.1, 0.15) is 11.6 Å². The van der Waals surface area contributed by atoms with Crippen molar-refractivity contribution < 1.29 is 19.1 Å². The first kappa shape index (κ1) is 24.5. The molecule has 7 nitrogen and oxygen atoms in total. The highest BCUT2D eigenvalue weighted by Crippen LogP contribution is 2.39. The molecule has 1 aromatic heterocycles. The van der Waals surface area contributed by atoms with E-state index in [0.29, 0.717) is 33.1 Å². The van der Waals surface area contributed by atoms with Gasteiger partial charge in [-0.25, -0.2) is 9.18 Å². The van der Waals surface area contributed by atoms with Gasteiger partial charge < -0.3 is 15.7 Å². The summed E-state index contributed by atoms with van der Waals surface area (Å²) in [5.41, 5.74) is 2.74. The minimum atomic E-state index is -0.483. The molecule has 1 fully saturated rings. The van der Waals surface area contributed by atoms with Crippen LogP contribution in [0.5, 0.6) is 5.75 Å². The average molecular weight is 519 g/mol. The summed E-state index contributed by atoms with van der Waals surface area (Å²) in [7, 11) is 0. The number of hydrogen-bond acceptors (Lipinski definition) is 4. The summed E-state index contributed by atoms with van der Waals surface area (Å²) in [4.78, 5) is 25.7. The second-order valence-electron chi connectivity index (χ2n) is 8.94. The van der Waals surface area contributed by atoms with Crippen molar-refractivity contribution in [1.82, 2.24) is 15.1 Å². The van der Waals surface area contributed by atoms with E-state index in [2.05, 4.69) is 15.7 Å². The van der Waals surface area contributed by atoms with Gasteiger partial charge in [0, 0.05) is 39.9 Å². The number of aromatic nitrogens is 2. The number of nitrogens with one attached hydrogen (secondary N) is 2.